The van der Waals surface area contributed by atoms with Gasteiger partial charge < -0.3 is 10.4 Å². The second kappa shape index (κ2) is 5.71. The Kier molecular flexibility index (Phi) is 4.02. The maximum absolute atomic E-state index is 12.0. The average molecular weight is 277 g/mol. The number of pyridine rings is 1. The number of carbonyl (C=O) groups excluding carboxylic acids is 1. The molecule has 2 N–H and O–H groups in total. The third kappa shape index (κ3) is 3.23. The average Bonchev–Trinajstić information content (AvgIpc) is 2.39. The van der Waals surface area contributed by atoms with Gasteiger partial charge in [-0.05, 0) is 30.7 Å². The molecule has 0 saturated heterocycles. The van der Waals surface area contributed by atoms with Gasteiger partial charge in [-0.3, -0.25) is 9.78 Å². The fourth-order valence-electron chi connectivity index (χ4n) is 1.71. The van der Waals surface area contributed by atoms with Crippen molar-refractivity contribution in [3.63, 3.8) is 0 Å². The van der Waals surface area contributed by atoms with Gasteiger partial charge in [-0.15, -0.1) is 0 Å². The molecule has 1 atom stereocenters. The van der Waals surface area contributed by atoms with Crippen molar-refractivity contribution in [1.82, 2.24) is 10.3 Å². The molecule has 1 aromatic carbocycles. The number of phenols is 1. The fraction of sp³-hybridized carbons (Fsp3) is 0.143. The maximum atomic E-state index is 12.0. The number of phenolic OH excluding ortho intramolecular Hbond substituents is 1. The third-order valence-electron chi connectivity index (χ3n) is 2.73. The number of aromatic hydroxyl groups is 1. The van der Waals surface area contributed by atoms with E-state index in [1.165, 1.54) is 12.4 Å². The summed E-state index contributed by atoms with van der Waals surface area (Å²) in [4.78, 5) is 15.9. The van der Waals surface area contributed by atoms with E-state index < -0.39 is 0 Å². The zero-order valence-corrected chi connectivity index (χ0v) is 11.1. The zero-order valence-electron chi connectivity index (χ0n) is 10.3. The quantitative estimate of drug-likeness (QED) is 0.906. The summed E-state index contributed by atoms with van der Waals surface area (Å²) >= 11 is 5.91. The third-order valence-corrected chi connectivity index (χ3v) is 3.04. The molecule has 0 aliphatic carbocycles. The van der Waals surface area contributed by atoms with E-state index in [1.54, 1.807) is 24.3 Å². The molecule has 1 aromatic heterocycles. The molecule has 0 spiro atoms. The van der Waals surface area contributed by atoms with Crippen molar-refractivity contribution < 1.29 is 9.90 Å². The van der Waals surface area contributed by atoms with Crippen molar-refractivity contribution in [3.05, 3.63) is 58.9 Å². The van der Waals surface area contributed by atoms with Gasteiger partial charge >= 0.3 is 0 Å². The van der Waals surface area contributed by atoms with Crippen LogP contribution in [0.4, 0.5) is 0 Å². The monoisotopic (exact) mass is 276 g/mol. The summed E-state index contributed by atoms with van der Waals surface area (Å²) in [7, 11) is 0. The van der Waals surface area contributed by atoms with Crippen LogP contribution in [0, 0.1) is 0 Å². The van der Waals surface area contributed by atoms with Crippen LogP contribution in [0.15, 0.2) is 42.7 Å². The molecule has 1 heterocycles. The SMILES string of the molecule is CC(NC(=O)c1ccncc1Cl)c1cccc(O)c1. The molecule has 0 radical (unpaired) electrons. The van der Waals surface area contributed by atoms with E-state index in [0.29, 0.717) is 10.6 Å². The highest BCUT2D eigenvalue weighted by atomic mass is 35.5. The molecule has 2 rings (SSSR count). The molecule has 4 nitrogen and oxygen atoms in total. The lowest BCUT2D eigenvalue weighted by Gasteiger charge is -2.15. The fourth-order valence-corrected chi connectivity index (χ4v) is 1.92. The Hall–Kier alpha value is -2.07. The van der Waals surface area contributed by atoms with Crippen molar-refractivity contribution in [2.45, 2.75) is 13.0 Å². The number of nitrogens with zero attached hydrogens (tertiary/aromatic N) is 1. The van der Waals surface area contributed by atoms with Gasteiger partial charge in [-0.1, -0.05) is 23.7 Å². The largest absolute Gasteiger partial charge is 0.508 e. The molecule has 98 valence electrons. The molecule has 1 amide bonds. The molecular formula is C14H13ClN2O2. The maximum Gasteiger partial charge on any atom is 0.253 e. The standard InChI is InChI=1S/C14H13ClN2O2/c1-9(10-3-2-4-11(18)7-10)17-14(19)12-5-6-16-8-13(12)15/h2-9,18H,1H3,(H,17,19). The summed E-state index contributed by atoms with van der Waals surface area (Å²) in [6.45, 7) is 1.84. The first-order valence-corrected chi connectivity index (χ1v) is 6.15. The van der Waals surface area contributed by atoms with Crippen molar-refractivity contribution in [2.75, 3.05) is 0 Å². The number of amides is 1. The van der Waals surface area contributed by atoms with Crippen LogP contribution in [0.5, 0.6) is 5.75 Å². The number of nitrogens with one attached hydrogen (secondary N) is 1. The van der Waals surface area contributed by atoms with Crippen LogP contribution in [0.25, 0.3) is 0 Å². The van der Waals surface area contributed by atoms with Gasteiger partial charge in [-0.2, -0.15) is 0 Å². The van der Waals surface area contributed by atoms with Crippen molar-refractivity contribution >= 4 is 17.5 Å². The van der Waals surface area contributed by atoms with Crippen LogP contribution in [0.2, 0.25) is 5.02 Å². The Bertz CT molecular complexity index is 602. The van der Waals surface area contributed by atoms with Crippen LogP contribution in [0.1, 0.15) is 28.9 Å². The minimum absolute atomic E-state index is 0.167. The molecule has 0 aliphatic rings. The molecule has 0 aliphatic heterocycles. The number of carbonyl (C=O) groups is 1. The summed E-state index contributed by atoms with van der Waals surface area (Å²) in [5.74, 6) is -0.108. The molecule has 0 bridgehead atoms. The molecule has 19 heavy (non-hydrogen) atoms. The summed E-state index contributed by atoms with van der Waals surface area (Å²) in [6, 6.07) is 8.08. The van der Waals surface area contributed by atoms with Gasteiger partial charge in [0, 0.05) is 12.4 Å². The second-order valence-corrected chi connectivity index (χ2v) is 4.55. The molecule has 5 heteroatoms. The lowest BCUT2D eigenvalue weighted by Crippen LogP contribution is -2.26. The first kappa shape index (κ1) is 13.4. The second-order valence-electron chi connectivity index (χ2n) is 4.15. The van der Waals surface area contributed by atoms with E-state index in [0.717, 1.165) is 5.56 Å². The Morgan fingerprint density at radius 3 is 2.89 bits per heavy atom. The topological polar surface area (TPSA) is 62.2 Å². The lowest BCUT2D eigenvalue weighted by molar-refractivity contribution is 0.0940. The Labute approximate surface area is 116 Å². The van der Waals surface area contributed by atoms with Crippen LogP contribution in [-0.2, 0) is 0 Å². The number of hydrogen-bond donors (Lipinski definition) is 2. The van der Waals surface area contributed by atoms with Crippen LogP contribution >= 0.6 is 11.6 Å². The minimum Gasteiger partial charge on any atom is -0.508 e. The molecule has 0 fully saturated rings. The van der Waals surface area contributed by atoms with Gasteiger partial charge in [0.05, 0.1) is 16.6 Å². The van der Waals surface area contributed by atoms with E-state index in [-0.39, 0.29) is 17.7 Å². The van der Waals surface area contributed by atoms with E-state index in [9.17, 15) is 9.90 Å². The number of hydrogen-bond acceptors (Lipinski definition) is 3. The lowest BCUT2D eigenvalue weighted by atomic mass is 10.1. The molecule has 0 saturated carbocycles. The highest BCUT2D eigenvalue weighted by molar-refractivity contribution is 6.33. The normalized spacial score (nSPS) is 11.9. The Morgan fingerprint density at radius 1 is 1.42 bits per heavy atom. The van der Waals surface area contributed by atoms with Crippen LogP contribution in [-0.4, -0.2) is 16.0 Å². The summed E-state index contributed by atoms with van der Waals surface area (Å²) in [6.07, 6.45) is 2.94. The molecule has 2 aromatic rings. The number of aromatic nitrogens is 1. The molecular weight excluding hydrogens is 264 g/mol. The van der Waals surface area contributed by atoms with E-state index in [1.807, 2.05) is 13.0 Å². The summed E-state index contributed by atoms with van der Waals surface area (Å²) in [5.41, 5.74) is 1.20. The number of rotatable bonds is 3. The first-order chi connectivity index (χ1) is 9.08. The van der Waals surface area contributed by atoms with Gasteiger partial charge in [-0.25, -0.2) is 0 Å². The van der Waals surface area contributed by atoms with E-state index in [4.69, 9.17) is 11.6 Å². The number of halogens is 1. The van der Waals surface area contributed by atoms with Gasteiger partial charge in [0.1, 0.15) is 5.75 Å². The van der Waals surface area contributed by atoms with Crippen molar-refractivity contribution in [1.29, 1.82) is 0 Å². The predicted octanol–water partition coefficient (Wildman–Crippen LogP) is 2.93. The Morgan fingerprint density at radius 2 is 2.21 bits per heavy atom. The van der Waals surface area contributed by atoms with Gasteiger partial charge in [0.2, 0.25) is 0 Å². The highest BCUT2D eigenvalue weighted by Crippen LogP contribution is 2.19. The highest BCUT2D eigenvalue weighted by Gasteiger charge is 2.14. The van der Waals surface area contributed by atoms with Gasteiger partial charge in [0.15, 0.2) is 0 Å². The summed E-state index contributed by atoms with van der Waals surface area (Å²) < 4.78 is 0. The van der Waals surface area contributed by atoms with Crippen molar-refractivity contribution in [2.24, 2.45) is 0 Å². The first-order valence-electron chi connectivity index (χ1n) is 5.77. The predicted molar refractivity (Wildman–Crippen MR) is 73.2 cm³/mol. The van der Waals surface area contributed by atoms with Crippen molar-refractivity contribution in [3.8, 4) is 5.75 Å². The van der Waals surface area contributed by atoms with Crippen LogP contribution < -0.4 is 5.32 Å². The smallest absolute Gasteiger partial charge is 0.253 e. The Balaban J connectivity index is 2.13. The zero-order chi connectivity index (χ0) is 13.8. The van der Waals surface area contributed by atoms with E-state index >= 15 is 0 Å². The van der Waals surface area contributed by atoms with Gasteiger partial charge in [0.25, 0.3) is 5.91 Å². The van der Waals surface area contributed by atoms with Crippen LogP contribution in [0.3, 0.4) is 0 Å². The van der Waals surface area contributed by atoms with E-state index in [2.05, 4.69) is 10.3 Å². The summed E-state index contributed by atoms with van der Waals surface area (Å²) in [5, 5.41) is 12.5. The molecule has 1 unspecified atom stereocenters. The minimum atomic E-state index is -0.275. The number of benzene rings is 1.